The lowest BCUT2D eigenvalue weighted by molar-refractivity contribution is -0.138. The van der Waals surface area contributed by atoms with Gasteiger partial charge in [-0.25, -0.2) is 0 Å². The molecule has 0 amide bonds. The summed E-state index contributed by atoms with van der Waals surface area (Å²) in [6.45, 7) is 5.45. The van der Waals surface area contributed by atoms with Crippen molar-refractivity contribution in [3.8, 4) is 17.0 Å². The molecule has 0 spiro atoms. The van der Waals surface area contributed by atoms with E-state index in [2.05, 4.69) is 5.16 Å². The van der Waals surface area contributed by atoms with E-state index in [9.17, 15) is 18.0 Å². The van der Waals surface area contributed by atoms with E-state index in [0.29, 0.717) is 34.8 Å². The average molecular weight is 433 g/mol. The number of ether oxygens (including phenoxy) is 1. The second-order valence-electron chi connectivity index (χ2n) is 7.34. The van der Waals surface area contributed by atoms with Gasteiger partial charge in [0.25, 0.3) is 0 Å². The zero-order valence-corrected chi connectivity index (χ0v) is 17.3. The Morgan fingerprint density at radius 1 is 1.16 bits per heavy atom. The number of aryl methyl sites for hydroxylation is 2. The molecule has 0 bridgehead atoms. The van der Waals surface area contributed by atoms with Crippen molar-refractivity contribution in [2.24, 2.45) is 0 Å². The molecule has 3 rings (SSSR count). The second kappa shape index (κ2) is 8.83. The molecule has 3 aromatic rings. The van der Waals surface area contributed by atoms with E-state index in [1.807, 2.05) is 19.1 Å². The number of hydrogen-bond acceptors (Lipinski definition) is 4. The summed E-state index contributed by atoms with van der Waals surface area (Å²) in [6, 6.07) is 10.2. The van der Waals surface area contributed by atoms with E-state index in [1.54, 1.807) is 19.9 Å². The third kappa shape index (κ3) is 5.25. The fourth-order valence-corrected chi connectivity index (χ4v) is 3.34. The van der Waals surface area contributed by atoms with Crippen molar-refractivity contribution >= 4 is 5.97 Å². The molecule has 0 fully saturated rings. The Bertz CT molecular complexity index is 1070. The van der Waals surface area contributed by atoms with Crippen LogP contribution in [-0.2, 0) is 17.4 Å². The van der Waals surface area contributed by atoms with Crippen molar-refractivity contribution in [3.05, 3.63) is 70.5 Å². The summed E-state index contributed by atoms with van der Waals surface area (Å²) < 4.78 is 49.7. The Balaban J connectivity index is 1.75. The van der Waals surface area contributed by atoms with Gasteiger partial charge in [0, 0.05) is 17.5 Å². The summed E-state index contributed by atoms with van der Waals surface area (Å²) in [5, 5.41) is 12.9. The summed E-state index contributed by atoms with van der Waals surface area (Å²) in [5.74, 6) is 0.219. The van der Waals surface area contributed by atoms with Crippen LogP contribution in [0.4, 0.5) is 13.2 Å². The Morgan fingerprint density at radius 3 is 2.42 bits per heavy atom. The van der Waals surface area contributed by atoms with E-state index in [4.69, 9.17) is 14.4 Å². The van der Waals surface area contributed by atoms with E-state index < -0.39 is 23.8 Å². The monoisotopic (exact) mass is 433 g/mol. The molecule has 0 aliphatic heterocycles. The first kappa shape index (κ1) is 22.4. The van der Waals surface area contributed by atoms with Crippen molar-refractivity contribution in [1.29, 1.82) is 0 Å². The topological polar surface area (TPSA) is 72.6 Å². The summed E-state index contributed by atoms with van der Waals surface area (Å²) in [7, 11) is 0. The largest absolute Gasteiger partial charge is 0.483 e. The number of nitrogens with zero attached hydrogens (tertiary/aromatic N) is 1. The molecule has 0 saturated heterocycles. The predicted molar refractivity (Wildman–Crippen MR) is 108 cm³/mol. The third-order valence-corrected chi connectivity index (χ3v) is 5.05. The van der Waals surface area contributed by atoms with Crippen molar-refractivity contribution < 1.29 is 32.3 Å². The maximum absolute atomic E-state index is 12.8. The third-order valence-electron chi connectivity index (χ3n) is 5.05. The molecule has 1 N–H and O–H groups in total. The fourth-order valence-electron chi connectivity index (χ4n) is 3.34. The lowest BCUT2D eigenvalue weighted by Gasteiger charge is -2.14. The maximum atomic E-state index is 12.8. The van der Waals surface area contributed by atoms with Gasteiger partial charge in [-0.05, 0) is 62.6 Å². The van der Waals surface area contributed by atoms with Gasteiger partial charge >= 0.3 is 12.1 Å². The number of carbonyl (C=O) groups is 1. The minimum absolute atomic E-state index is 0.0570. The molecule has 0 saturated carbocycles. The van der Waals surface area contributed by atoms with Crippen LogP contribution in [0.2, 0.25) is 0 Å². The molecule has 0 aliphatic rings. The van der Waals surface area contributed by atoms with Gasteiger partial charge in [-0.15, -0.1) is 0 Å². The lowest BCUT2D eigenvalue weighted by Crippen LogP contribution is -2.05. The van der Waals surface area contributed by atoms with Crippen LogP contribution in [-0.4, -0.2) is 16.2 Å². The molecular formula is C23H22F3NO4. The Morgan fingerprint density at radius 2 is 1.84 bits per heavy atom. The molecule has 8 heteroatoms. The highest BCUT2D eigenvalue weighted by Crippen LogP contribution is 2.34. The summed E-state index contributed by atoms with van der Waals surface area (Å²) >= 11 is 0. The molecule has 31 heavy (non-hydrogen) atoms. The molecule has 1 atom stereocenters. The van der Waals surface area contributed by atoms with Crippen LogP contribution in [0.3, 0.4) is 0 Å². The molecule has 5 nitrogen and oxygen atoms in total. The van der Waals surface area contributed by atoms with Crippen molar-refractivity contribution in [2.75, 3.05) is 0 Å². The van der Waals surface area contributed by atoms with Gasteiger partial charge in [0.1, 0.15) is 11.4 Å². The quantitative estimate of drug-likeness (QED) is 0.485. The number of alkyl halides is 3. The molecule has 1 heterocycles. The fraction of sp³-hybridized carbons (Fsp3) is 0.304. The first-order valence-corrected chi connectivity index (χ1v) is 9.68. The first-order valence-electron chi connectivity index (χ1n) is 9.68. The molecule has 1 aromatic heterocycles. The SMILES string of the molecule is Cc1cc(OC(C)c2onc(-c3ccc(C(F)(F)F)cc3)c2C)ccc1CCC(=O)O. The number of aromatic nitrogens is 1. The number of benzene rings is 2. The van der Waals surface area contributed by atoms with Crippen LogP contribution in [0.1, 0.15) is 47.5 Å². The Labute approximate surface area is 177 Å². The average Bonchev–Trinajstić information content (AvgIpc) is 3.08. The number of carboxylic acid groups (broad SMARTS) is 1. The van der Waals surface area contributed by atoms with Crippen LogP contribution in [0.25, 0.3) is 11.3 Å². The van der Waals surface area contributed by atoms with Crippen LogP contribution in [0.5, 0.6) is 5.75 Å². The maximum Gasteiger partial charge on any atom is 0.416 e. The van der Waals surface area contributed by atoms with Gasteiger partial charge in [-0.1, -0.05) is 23.4 Å². The summed E-state index contributed by atoms with van der Waals surface area (Å²) in [4.78, 5) is 10.8. The number of halogens is 3. The lowest BCUT2D eigenvalue weighted by atomic mass is 10.0. The Kier molecular flexibility index (Phi) is 6.38. The van der Waals surface area contributed by atoms with Crippen molar-refractivity contribution in [2.45, 2.75) is 45.9 Å². The van der Waals surface area contributed by atoms with Gasteiger partial charge in [-0.2, -0.15) is 13.2 Å². The van der Waals surface area contributed by atoms with E-state index in [-0.39, 0.29) is 6.42 Å². The molecule has 2 aromatic carbocycles. The number of aliphatic carboxylic acids is 1. The van der Waals surface area contributed by atoms with Crippen LogP contribution in [0, 0.1) is 13.8 Å². The molecule has 164 valence electrons. The standard InChI is InChI=1S/C23H22F3NO4/c1-13-12-19(10-6-16(13)7-11-20(28)29)30-15(3)22-14(2)21(27-31-22)17-4-8-18(9-5-17)23(24,25)26/h4-6,8-10,12,15H,7,11H2,1-3H3,(H,28,29). The second-order valence-corrected chi connectivity index (χ2v) is 7.34. The van der Waals surface area contributed by atoms with Crippen LogP contribution < -0.4 is 4.74 Å². The smallest absolute Gasteiger partial charge is 0.416 e. The normalized spacial score (nSPS) is 12.6. The van der Waals surface area contributed by atoms with Crippen molar-refractivity contribution in [1.82, 2.24) is 5.16 Å². The van der Waals surface area contributed by atoms with Crippen LogP contribution in [0.15, 0.2) is 47.0 Å². The van der Waals surface area contributed by atoms with E-state index in [1.165, 1.54) is 12.1 Å². The van der Waals surface area contributed by atoms with E-state index in [0.717, 1.165) is 23.3 Å². The highest BCUT2D eigenvalue weighted by molar-refractivity contribution is 5.67. The predicted octanol–water partition coefficient (Wildman–Crippen LogP) is 6.13. The van der Waals surface area contributed by atoms with Crippen LogP contribution >= 0.6 is 0 Å². The minimum atomic E-state index is -4.40. The summed E-state index contributed by atoms with van der Waals surface area (Å²) in [5.41, 5.74) is 2.79. The van der Waals surface area contributed by atoms with Crippen molar-refractivity contribution in [3.63, 3.8) is 0 Å². The number of rotatable bonds is 7. The molecule has 1 unspecified atom stereocenters. The zero-order valence-electron chi connectivity index (χ0n) is 17.3. The summed E-state index contributed by atoms with van der Waals surface area (Å²) in [6.07, 6.45) is -4.39. The number of hydrogen-bond donors (Lipinski definition) is 1. The minimum Gasteiger partial charge on any atom is -0.483 e. The molecular weight excluding hydrogens is 411 g/mol. The van der Waals surface area contributed by atoms with Gasteiger partial charge < -0.3 is 14.4 Å². The Hall–Kier alpha value is -3.29. The number of carboxylic acids is 1. The highest BCUT2D eigenvalue weighted by Gasteiger charge is 2.30. The van der Waals surface area contributed by atoms with Gasteiger partial charge in [0.15, 0.2) is 11.9 Å². The first-order chi connectivity index (χ1) is 14.6. The van der Waals surface area contributed by atoms with Gasteiger partial charge in [-0.3, -0.25) is 4.79 Å². The zero-order chi connectivity index (χ0) is 22.8. The highest BCUT2D eigenvalue weighted by atomic mass is 19.4. The molecule has 0 aliphatic carbocycles. The molecule has 0 radical (unpaired) electrons. The van der Waals surface area contributed by atoms with Gasteiger partial charge in [0.2, 0.25) is 0 Å². The van der Waals surface area contributed by atoms with E-state index >= 15 is 0 Å². The van der Waals surface area contributed by atoms with Gasteiger partial charge in [0.05, 0.1) is 5.56 Å².